The molecule has 8 rings (SSSR count). The van der Waals surface area contributed by atoms with Gasteiger partial charge in [0.05, 0.1) is 11.0 Å². The van der Waals surface area contributed by atoms with Crippen LogP contribution in [0, 0.1) is 0 Å². The lowest BCUT2D eigenvalue weighted by Crippen LogP contribution is -2.35. The fourth-order valence-corrected chi connectivity index (χ4v) is 5.97. The van der Waals surface area contributed by atoms with Crippen LogP contribution in [0.4, 0.5) is 0 Å². The van der Waals surface area contributed by atoms with E-state index in [1.807, 2.05) is 36.4 Å². The molecule has 4 heteroatoms. The third kappa shape index (κ3) is 4.59. The average Bonchev–Trinajstić information content (AvgIpc) is 3.43. The van der Waals surface area contributed by atoms with E-state index < -0.39 is 0 Å². The zero-order chi connectivity index (χ0) is 28.6. The molecule has 0 fully saturated rings. The smallest absolute Gasteiger partial charge is 0.169 e. The number of benzene rings is 6. The Hall–Kier alpha value is -5.74. The molecule has 204 valence electrons. The van der Waals surface area contributed by atoms with Crippen molar-refractivity contribution in [2.45, 2.75) is 6.17 Å². The number of aliphatic imine (C=N–C) groups is 2. The molecule has 1 aliphatic heterocycles. The largest absolute Gasteiger partial charge is 0.324 e. The molecular weight excluding hydrogens is 524 g/mol. The molecule has 0 saturated carbocycles. The number of hydrogen-bond donors (Lipinski definition) is 1. The summed E-state index contributed by atoms with van der Waals surface area (Å²) in [6.07, 6.45) is -0.369. The SMILES string of the molecule is c1ccc(C2=NC(c3cccc(-c4ccc5c6ccccc6n(-c6ccccc6)c5c4)c3)N=C(c3ccccc3)N2)cc1. The molecule has 0 spiro atoms. The summed E-state index contributed by atoms with van der Waals surface area (Å²) < 4.78 is 2.36. The van der Waals surface area contributed by atoms with Gasteiger partial charge in [-0.2, -0.15) is 0 Å². The lowest BCUT2D eigenvalue weighted by Gasteiger charge is -2.22. The van der Waals surface area contributed by atoms with Gasteiger partial charge in [0.25, 0.3) is 0 Å². The van der Waals surface area contributed by atoms with E-state index in [1.165, 1.54) is 21.8 Å². The first kappa shape index (κ1) is 25.0. The summed E-state index contributed by atoms with van der Waals surface area (Å²) in [5, 5.41) is 5.98. The zero-order valence-electron chi connectivity index (χ0n) is 23.4. The molecule has 7 aromatic rings. The number of hydrogen-bond acceptors (Lipinski definition) is 3. The second-order valence-electron chi connectivity index (χ2n) is 10.7. The minimum absolute atomic E-state index is 0.369. The number of nitrogens with one attached hydrogen (secondary N) is 1. The molecule has 1 aromatic heterocycles. The first-order valence-corrected chi connectivity index (χ1v) is 14.5. The van der Waals surface area contributed by atoms with Gasteiger partial charge in [0.1, 0.15) is 11.7 Å². The topological polar surface area (TPSA) is 41.7 Å². The first-order valence-electron chi connectivity index (χ1n) is 14.5. The second-order valence-corrected chi connectivity index (χ2v) is 10.7. The normalized spacial score (nSPS) is 13.5. The monoisotopic (exact) mass is 552 g/mol. The minimum Gasteiger partial charge on any atom is -0.324 e. The van der Waals surface area contributed by atoms with E-state index in [9.17, 15) is 0 Å². The highest BCUT2D eigenvalue weighted by Crippen LogP contribution is 2.35. The van der Waals surface area contributed by atoms with Crippen molar-refractivity contribution in [1.82, 2.24) is 9.88 Å². The standard InChI is InChI=1S/C39H28N4/c1-4-13-27(14-5-1)37-40-38(28-15-6-2-7-16-28)42-39(41-37)31-18-12-17-29(25-31)30-23-24-34-33-21-10-11-22-35(33)43(36(34)26-30)32-19-8-3-9-20-32/h1-26,39H,(H,40,41,42). The molecule has 0 radical (unpaired) electrons. The van der Waals surface area contributed by atoms with Crippen molar-refractivity contribution in [1.29, 1.82) is 0 Å². The molecule has 1 N–H and O–H groups in total. The van der Waals surface area contributed by atoms with Crippen molar-refractivity contribution in [3.63, 3.8) is 0 Å². The van der Waals surface area contributed by atoms with E-state index in [0.29, 0.717) is 0 Å². The van der Waals surface area contributed by atoms with Gasteiger partial charge in [0, 0.05) is 27.6 Å². The van der Waals surface area contributed by atoms with Crippen LogP contribution in [0.15, 0.2) is 168 Å². The number of para-hydroxylation sites is 2. The van der Waals surface area contributed by atoms with E-state index in [0.717, 1.165) is 45.2 Å². The number of aromatic nitrogens is 1. The molecule has 0 unspecified atom stereocenters. The van der Waals surface area contributed by atoms with Crippen molar-refractivity contribution < 1.29 is 0 Å². The van der Waals surface area contributed by atoms with E-state index in [-0.39, 0.29) is 6.17 Å². The summed E-state index contributed by atoms with van der Waals surface area (Å²) in [4.78, 5) is 10.2. The van der Waals surface area contributed by atoms with Crippen molar-refractivity contribution in [2.24, 2.45) is 9.98 Å². The maximum atomic E-state index is 5.08. The summed E-state index contributed by atoms with van der Waals surface area (Å²) in [6, 6.07) is 55.1. The van der Waals surface area contributed by atoms with Crippen molar-refractivity contribution in [3.8, 4) is 16.8 Å². The van der Waals surface area contributed by atoms with E-state index in [4.69, 9.17) is 9.98 Å². The van der Waals surface area contributed by atoms with Crippen LogP contribution in [0.2, 0.25) is 0 Å². The Labute approximate surface area is 250 Å². The van der Waals surface area contributed by atoms with Crippen molar-refractivity contribution in [3.05, 3.63) is 174 Å². The average molecular weight is 553 g/mol. The number of nitrogens with zero attached hydrogens (tertiary/aromatic N) is 3. The van der Waals surface area contributed by atoms with Crippen LogP contribution in [-0.4, -0.2) is 16.2 Å². The molecule has 0 aliphatic carbocycles. The van der Waals surface area contributed by atoms with E-state index >= 15 is 0 Å². The summed E-state index contributed by atoms with van der Waals surface area (Å²) in [7, 11) is 0. The van der Waals surface area contributed by atoms with E-state index in [2.05, 4.69) is 131 Å². The molecule has 0 bridgehead atoms. The Kier molecular flexibility index (Phi) is 6.16. The second kappa shape index (κ2) is 10.6. The highest BCUT2D eigenvalue weighted by atomic mass is 15.2. The Balaban J connectivity index is 1.25. The predicted octanol–water partition coefficient (Wildman–Crippen LogP) is 8.95. The molecular formula is C39H28N4. The maximum absolute atomic E-state index is 5.08. The van der Waals surface area contributed by atoms with Gasteiger partial charge in [0.2, 0.25) is 0 Å². The van der Waals surface area contributed by atoms with Crippen LogP contribution in [0.25, 0.3) is 38.6 Å². The van der Waals surface area contributed by atoms with Crippen LogP contribution in [0.1, 0.15) is 22.9 Å². The maximum Gasteiger partial charge on any atom is 0.169 e. The Morgan fingerprint density at radius 3 is 1.70 bits per heavy atom. The van der Waals surface area contributed by atoms with Gasteiger partial charge in [-0.25, -0.2) is 9.98 Å². The van der Waals surface area contributed by atoms with Gasteiger partial charge in [-0.1, -0.05) is 127 Å². The molecule has 2 heterocycles. The number of amidine groups is 2. The molecule has 43 heavy (non-hydrogen) atoms. The van der Waals surface area contributed by atoms with Crippen LogP contribution in [-0.2, 0) is 0 Å². The van der Waals surface area contributed by atoms with Gasteiger partial charge < -0.3 is 9.88 Å². The van der Waals surface area contributed by atoms with Gasteiger partial charge >= 0.3 is 0 Å². The predicted molar refractivity (Wildman–Crippen MR) is 178 cm³/mol. The van der Waals surface area contributed by atoms with Crippen LogP contribution in [0.5, 0.6) is 0 Å². The highest BCUT2D eigenvalue weighted by molar-refractivity contribution is 6.16. The molecule has 1 aliphatic rings. The minimum atomic E-state index is -0.369. The Morgan fingerprint density at radius 1 is 0.442 bits per heavy atom. The molecule has 4 nitrogen and oxygen atoms in total. The lowest BCUT2D eigenvalue weighted by molar-refractivity contribution is 0.756. The molecule has 0 atom stereocenters. The quantitative estimate of drug-likeness (QED) is 0.228. The zero-order valence-corrected chi connectivity index (χ0v) is 23.4. The molecule has 0 saturated heterocycles. The molecule has 0 amide bonds. The summed E-state index contributed by atoms with van der Waals surface area (Å²) in [5.74, 6) is 1.64. The lowest BCUT2D eigenvalue weighted by atomic mass is 10.00. The van der Waals surface area contributed by atoms with Gasteiger partial charge in [-0.05, 0) is 47.0 Å². The fourth-order valence-electron chi connectivity index (χ4n) is 5.97. The third-order valence-electron chi connectivity index (χ3n) is 8.04. The Bertz CT molecular complexity index is 2090. The van der Waals surface area contributed by atoms with Crippen molar-refractivity contribution in [2.75, 3.05) is 0 Å². The van der Waals surface area contributed by atoms with Gasteiger partial charge in [0.15, 0.2) is 6.17 Å². The van der Waals surface area contributed by atoms with Crippen LogP contribution in [0.3, 0.4) is 0 Å². The van der Waals surface area contributed by atoms with Gasteiger partial charge in [-0.15, -0.1) is 0 Å². The van der Waals surface area contributed by atoms with Crippen LogP contribution >= 0.6 is 0 Å². The summed E-state index contributed by atoms with van der Waals surface area (Å²) in [5.41, 5.74) is 8.95. The van der Waals surface area contributed by atoms with Gasteiger partial charge in [-0.3, -0.25) is 0 Å². The molecule has 6 aromatic carbocycles. The number of rotatable bonds is 5. The Morgan fingerprint density at radius 2 is 1.00 bits per heavy atom. The van der Waals surface area contributed by atoms with Crippen molar-refractivity contribution >= 4 is 33.5 Å². The number of fused-ring (bicyclic) bond motifs is 3. The first-order chi connectivity index (χ1) is 21.3. The fraction of sp³-hybridized carbons (Fsp3) is 0.0256. The highest BCUT2D eigenvalue weighted by Gasteiger charge is 2.21. The summed E-state index contributed by atoms with van der Waals surface area (Å²) >= 11 is 0. The van der Waals surface area contributed by atoms with E-state index in [1.54, 1.807) is 0 Å². The third-order valence-corrected chi connectivity index (χ3v) is 8.04. The van der Waals surface area contributed by atoms with Crippen LogP contribution < -0.4 is 5.32 Å². The summed E-state index contributed by atoms with van der Waals surface area (Å²) in [6.45, 7) is 0.